The van der Waals surface area contributed by atoms with Crippen LogP contribution >= 0.6 is 0 Å². The number of hydrogen-bond donors (Lipinski definition) is 1. The van der Waals surface area contributed by atoms with E-state index < -0.39 is 0 Å². The van der Waals surface area contributed by atoms with Crippen molar-refractivity contribution in [2.45, 2.75) is 13.8 Å². The molecule has 1 aliphatic heterocycles. The Hall–Kier alpha value is -3.61. The largest absolute Gasteiger partial charge is 0.494 e. The standard InChI is InChI=1S/C24H27N5O2/c1-3-31-21-10-8-20(9-11-21)25-24(30)29-16-14-28(15-17-29)23-13-12-22(26-27-23)19-6-4-18(2)5-7-19/h4-13H,3,14-17H2,1-2H3,(H,25,30). The van der Waals surface area contributed by atoms with E-state index in [1.165, 1.54) is 5.56 Å². The fraction of sp³-hybridized carbons (Fsp3) is 0.292. The minimum atomic E-state index is -0.0930. The van der Waals surface area contributed by atoms with Crippen LogP contribution in [0.5, 0.6) is 5.75 Å². The molecule has 1 saturated heterocycles. The summed E-state index contributed by atoms with van der Waals surface area (Å²) in [4.78, 5) is 16.6. The van der Waals surface area contributed by atoms with Crippen molar-refractivity contribution >= 4 is 17.5 Å². The lowest BCUT2D eigenvalue weighted by Crippen LogP contribution is -2.50. The molecule has 1 N–H and O–H groups in total. The van der Waals surface area contributed by atoms with Gasteiger partial charge in [-0.3, -0.25) is 0 Å². The van der Waals surface area contributed by atoms with Gasteiger partial charge in [-0.05, 0) is 50.2 Å². The summed E-state index contributed by atoms with van der Waals surface area (Å²) in [5.41, 5.74) is 3.89. The van der Waals surface area contributed by atoms with E-state index in [4.69, 9.17) is 4.74 Å². The number of carbonyl (C=O) groups excluding carboxylic acids is 1. The zero-order chi connectivity index (χ0) is 21.6. The van der Waals surface area contributed by atoms with Crippen LogP contribution in [0.25, 0.3) is 11.3 Å². The molecule has 31 heavy (non-hydrogen) atoms. The van der Waals surface area contributed by atoms with Gasteiger partial charge in [0.05, 0.1) is 12.3 Å². The molecule has 3 aromatic rings. The lowest BCUT2D eigenvalue weighted by molar-refractivity contribution is 0.208. The molecule has 2 aromatic carbocycles. The van der Waals surface area contributed by atoms with E-state index in [9.17, 15) is 4.79 Å². The Labute approximate surface area is 182 Å². The first kappa shape index (κ1) is 20.7. The average molecular weight is 418 g/mol. The fourth-order valence-corrected chi connectivity index (χ4v) is 3.51. The van der Waals surface area contributed by atoms with Gasteiger partial charge >= 0.3 is 6.03 Å². The van der Waals surface area contributed by atoms with E-state index in [-0.39, 0.29) is 6.03 Å². The number of amides is 2. The number of ether oxygens (including phenoxy) is 1. The van der Waals surface area contributed by atoms with Gasteiger partial charge in [0, 0.05) is 37.4 Å². The number of hydrogen-bond acceptors (Lipinski definition) is 5. The van der Waals surface area contributed by atoms with Crippen LogP contribution in [0.1, 0.15) is 12.5 Å². The van der Waals surface area contributed by atoms with Crippen LogP contribution in [0.15, 0.2) is 60.7 Å². The van der Waals surface area contributed by atoms with E-state index in [1.54, 1.807) is 0 Å². The summed E-state index contributed by atoms with van der Waals surface area (Å²) in [6.45, 7) is 7.32. The molecular weight excluding hydrogens is 390 g/mol. The van der Waals surface area contributed by atoms with Crippen molar-refractivity contribution in [1.82, 2.24) is 15.1 Å². The highest BCUT2D eigenvalue weighted by Gasteiger charge is 2.22. The highest BCUT2D eigenvalue weighted by atomic mass is 16.5. The molecule has 0 radical (unpaired) electrons. The third-order valence-electron chi connectivity index (χ3n) is 5.31. The van der Waals surface area contributed by atoms with Gasteiger partial charge in [-0.2, -0.15) is 0 Å². The van der Waals surface area contributed by atoms with E-state index in [2.05, 4.69) is 51.6 Å². The highest BCUT2D eigenvalue weighted by molar-refractivity contribution is 5.89. The molecule has 2 heterocycles. The van der Waals surface area contributed by atoms with Crippen molar-refractivity contribution in [2.75, 3.05) is 43.0 Å². The van der Waals surface area contributed by atoms with E-state index in [0.29, 0.717) is 19.7 Å². The number of aryl methyl sites for hydroxylation is 1. The number of aromatic nitrogens is 2. The molecule has 7 heteroatoms. The molecule has 4 rings (SSSR count). The fourth-order valence-electron chi connectivity index (χ4n) is 3.51. The molecule has 1 fully saturated rings. The van der Waals surface area contributed by atoms with Gasteiger partial charge in [0.2, 0.25) is 0 Å². The quantitative estimate of drug-likeness (QED) is 0.674. The van der Waals surface area contributed by atoms with Crippen LogP contribution in [-0.4, -0.2) is 53.9 Å². The molecule has 0 saturated carbocycles. The minimum absolute atomic E-state index is 0.0930. The average Bonchev–Trinajstić information content (AvgIpc) is 2.81. The third-order valence-corrected chi connectivity index (χ3v) is 5.31. The molecule has 7 nitrogen and oxygen atoms in total. The van der Waals surface area contributed by atoms with E-state index in [0.717, 1.165) is 41.6 Å². The Balaban J connectivity index is 1.30. The summed E-state index contributed by atoms with van der Waals surface area (Å²) in [7, 11) is 0. The Bertz CT molecular complexity index is 996. The molecule has 0 spiro atoms. The Morgan fingerprint density at radius 2 is 1.65 bits per heavy atom. The SMILES string of the molecule is CCOc1ccc(NC(=O)N2CCN(c3ccc(-c4ccc(C)cc4)nn3)CC2)cc1. The first-order valence-electron chi connectivity index (χ1n) is 10.6. The lowest BCUT2D eigenvalue weighted by atomic mass is 10.1. The lowest BCUT2D eigenvalue weighted by Gasteiger charge is -2.35. The van der Waals surface area contributed by atoms with Gasteiger partial charge < -0.3 is 19.9 Å². The summed E-state index contributed by atoms with van der Waals surface area (Å²) < 4.78 is 5.43. The van der Waals surface area contributed by atoms with Crippen LogP contribution in [0.4, 0.5) is 16.3 Å². The summed E-state index contributed by atoms with van der Waals surface area (Å²) in [6, 6.07) is 19.6. The normalized spacial score (nSPS) is 13.7. The first-order valence-corrected chi connectivity index (χ1v) is 10.6. The molecular formula is C24H27N5O2. The Morgan fingerprint density at radius 1 is 0.935 bits per heavy atom. The molecule has 0 atom stereocenters. The maximum Gasteiger partial charge on any atom is 0.321 e. The van der Waals surface area contributed by atoms with Crippen LogP contribution in [0.2, 0.25) is 0 Å². The monoisotopic (exact) mass is 417 g/mol. The van der Waals surface area contributed by atoms with Gasteiger partial charge in [-0.1, -0.05) is 29.8 Å². The molecule has 160 valence electrons. The predicted octanol–water partition coefficient (Wildman–Crippen LogP) is 4.20. The summed E-state index contributed by atoms with van der Waals surface area (Å²) in [5.74, 6) is 1.63. The molecule has 0 unspecified atom stereocenters. The van der Waals surface area contributed by atoms with Crippen molar-refractivity contribution in [3.63, 3.8) is 0 Å². The number of rotatable bonds is 5. The molecule has 1 aliphatic rings. The maximum absolute atomic E-state index is 12.6. The van der Waals surface area contributed by atoms with Crippen LogP contribution in [-0.2, 0) is 0 Å². The van der Waals surface area contributed by atoms with Crippen LogP contribution < -0.4 is 15.0 Å². The summed E-state index contributed by atoms with van der Waals surface area (Å²) >= 11 is 0. The molecule has 0 bridgehead atoms. The van der Waals surface area contributed by atoms with Gasteiger partial charge in [0.25, 0.3) is 0 Å². The number of nitrogens with zero attached hydrogens (tertiary/aromatic N) is 4. The van der Waals surface area contributed by atoms with Crippen LogP contribution in [0.3, 0.4) is 0 Å². The van der Waals surface area contributed by atoms with Crippen molar-refractivity contribution in [2.24, 2.45) is 0 Å². The smallest absolute Gasteiger partial charge is 0.321 e. The summed E-state index contributed by atoms with van der Waals surface area (Å²) in [6.07, 6.45) is 0. The second-order valence-corrected chi connectivity index (χ2v) is 7.50. The first-order chi connectivity index (χ1) is 15.1. The van der Waals surface area contributed by atoms with Crippen molar-refractivity contribution in [3.8, 4) is 17.0 Å². The topological polar surface area (TPSA) is 70.6 Å². The Kier molecular flexibility index (Phi) is 6.31. The third kappa shape index (κ3) is 5.12. The molecule has 2 amide bonds. The minimum Gasteiger partial charge on any atom is -0.494 e. The van der Waals surface area contributed by atoms with E-state index >= 15 is 0 Å². The van der Waals surface area contributed by atoms with E-state index in [1.807, 2.05) is 48.2 Å². The number of piperazine rings is 1. The van der Waals surface area contributed by atoms with Crippen molar-refractivity contribution in [3.05, 3.63) is 66.2 Å². The predicted molar refractivity (Wildman–Crippen MR) is 123 cm³/mol. The Morgan fingerprint density at radius 3 is 2.26 bits per heavy atom. The second-order valence-electron chi connectivity index (χ2n) is 7.50. The zero-order valence-electron chi connectivity index (χ0n) is 17.9. The van der Waals surface area contributed by atoms with Gasteiger partial charge in [-0.25, -0.2) is 4.79 Å². The van der Waals surface area contributed by atoms with Gasteiger partial charge in [0.15, 0.2) is 5.82 Å². The highest BCUT2D eigenvalue weighted by Crippen LogP contribution is 2.20. The molecule has 1 aromatic heterocycles. The number of nitrogens with one attached hydrogen (secondary N) is 1. The maximum atomic E-state index is 12.6. The van der Waals surface area contributed by atoms with Gasteiger partial charge in [-0.15, -0.1) is 10.2 Å². The number of carbonyl (C=O) groups is 1. The number of anilines is 2. The van der Waals surface area contributed by atoms with Gasteiger partial charge in [0.1, 0.15) is 5.75 Å². The number of benzene rings is 2. The zero-order valence-corrected chi connectivity index (χ0v) is 17.9. The summed E-state index contributed by atoms with van der Waals surface area (Å²) in [5, 5.41) is 11.7. The van der Waals surface area contributed by atoms with Crippen molar-refractivity contribution < 1.29 is 9.53 Å². The van der Waals surface area contributed by atoms with Crippen molar-refractivity contribution in [1.29, 1.82) is 0 Å². The second kappa shape index (κ2) is 9.47. The number of urea groups is 1. The molecule has 0 aliphatic carbocycles. The van der Waals surface area contributed by atoms with Crippen LogP contribution in [0, 0.1) is 6.92 Å².